The monoisotopic (exact) mass is 524 g/mol. The minimum Gasteiger partial charge on any atom is -0.493 e. The number of ether oxygens (including phenoxy) is 1. The van der Waals surface area contributed by atoms with E-state index < -0.39 is 22.4 Å². The second kappa shape index (κ2) is 9.75. The van der Waals surface area contributed by atoms with Crippen molar-refractivity contribution in [3.63, 3.8) is 0 Å². The minimum atomic E-state index is -3.89. The van der Waals surface area contributed by atoms with Crippen LogP contribution in [0.2, 0.25) is 0 Å². The van der Waals surface area contributed by atoms with Crippen molar-refractivity contribution >= 4 is 26.7 Å². The van der Waals surface area contributed by atoms with E-state index in [-0.39, 0.29) is 34.3 Å². The van der Waals surface area contributed by atoms with Crippen LogP contribution >= 0.6 is 11.5 Å². The molecule has 1 saturated heterocycles. The lowest BCUT2D eigenvalue weighted by Gasteiger charge is -2.45. The highest BCUT2D eigenvalue weighted by molar-refractivity contribution is 7.93. The molecule has 0 saturated carbocycles. The quantitative estimate of drug-likeness (QED) is 0.488. The summed E-state index contributed by atoms with van der Waals surface area (Å²) in [5.41, 5.74) is 1.58. The number of hydrogen-bond acceptors (Lipinski definition) is 7. The van der Waals surface area contributed by atoms with Crippen LogP contribution in [0.5, 0.6) is 5.75 Å². The molecule has 5 rings (SSSR count). The van der Waals surface area contributed by atoms with Crippen LogP contribution in [-0.2, 0) is 10.0 Å². The summed E-state index contributed by atoms with van der Waals surface area (Å²) >= 11 is 0.927. The maximum Gasteiger partial charge on any atom is 0.263 e. The summed E-state index contributed by atoms with van der Waals surface area (Å²) in [4.78, 5) is 6.05. The van der Waals surface area contributed by atoms with E-state index in [0.29, 0.717) is 31.7 Å². The second-order valence-corrected chi connectivity index (χ2v) is 11.1. The molecule has 3 aromatic rings. The molecular weight excluding hydrogens is 501 g/mol. The summed E-state index contributed by atoms with van der Waals surface area (Å²) in [7, 11) is -3.89. The molecule has 1 aromatic heterocycles. The summed E-state index contributed by atoms with van der Waals surface area (Å²) < 4.78 is 78.3. The highest BCUT2D eigenvalue weighted by atomic mass is 32.2. The molecule has 1 unspecified atom stereocenters. The fraction of sp³-hybridized carbons (Fsp3) is 0.391. The van der Waals surface area contributed by atoms with E-state index >= 15 is 0 Å². The van der Waals surface area contributed by atoms with Gasteiger partial charge in [-0.2, -0.15) is 4.37 Å². The van der Waals surface area contributed by atoms with Gasteiger partial charge in [0.2, 0.25) is 11.6 Å². The van der Waals surface area contributed by atoms with Crippen molar-refractivity contribution in [1.82, 2.24) is 14.3 Å². The Balaban J connectivity index is 1.45. The first kappa shape index (κ1) is 24.0. The van der Waals surface area contributed by atoms with Crippen LogP contribution in [0.3, 0.4) is 0 Å². The molecule has 1 fully saturated rings. The number of alkyl halides is 2. The SMILES string of the molecule is O=S(=O)(Nc1ncns1)c1ccc2c(c1)OCC[C@H]2N1CCC(C(F)F)C[C@H]1c1ccc(F)cc1. The van der Waals surface area contributed by atoms with Gasteiger partial charge in [0.25, 0.3) is 10.0 Å². The Morgan fingerprint density at radius 2 is 1.91 bits per heavy atom. The molecule has 2 aromatic carbocycles. The van der Waals surface area contributed by atoms with Crippen molar-refractivity contribution < 1.29 is 26.3 Å². The van der Waals surface area contributed by atoms with E-state index in [0.717, 1.165) is 22.7 Å². The molecule has 0 radical (unpaired) electrons. The standard InChI is InChI=1S/C23H23F3N4O3S2/c24-16-3-1-14(2-4-16)20-11-15(22(25)26)7-9-30(20)19-8-10-33-21-12-17(5-6-18(19)21)35(31,32)29-23-27-13-28-34-23/h1-6,12-13,15,19-20,22H,7-11H2,(H,27,28,29)/t15?,19-,20+/m1/s1. The maximum atomic E-state index is 13.6. The smallest absolute Gasteiger partial charge is 0.263 e. The molecule has 7 nitrogen and oxygen atoms in total. The summed E-state index contributed by atoms with van der Waals surface area (Å²) in [6.45, 7) is 0.801. The number of nitrogens with one attached hydrogen (secondary N) is 1. The number of halogens is 3. The molecule has 1 N–H and O–H groups in total. The molecule has 35 heavy (non-hydrogen) atoms. The van der Waals surface area contributed by atoms with Crippen LogP contribution in [0.4, 0.5) is 18.3 Å². The summed E-state index contributed by atoms with van der Waals surface area (Å²) in [6, 6.07) is 10.2. The van der Waals surface area contributed by atoms with Crippen molar-refractivity contribution in [1.29, 1.82) is 0 Å². The van der Waals surface area contributed by atoms with Gasteiger partial charge in [-0.1, -0.05) is 18.2 Å². The van der Waals surface area contributed by atoms with Crippen molar-refractivity contribution in [3.05, 3.63) is 65.7 Å². The van der Waals surface area contributed by atoms with Gasteiger partial charge in [0.1, 0.15) is 17.9 Å². The topological polar surface area (TPSA) is 84.4 Å². The molecule has 12 heteroatoms. The van der Waals surface area contributed by atoms with Crippen LogP contribution < -0.4 is 9.46 Å². The van der Waals surface area contributed by atoms with E-state index in [1.165, 1.54) is 30.6 Å². The number of likely N-dealkylation sites (tertiary alicyclic amines) is 1. The van der Waals surface area contributed by atoms with E-state index in [2.05, 4.69) is 19.0 Å². The Labute approximate surface area is 205 Å². The first-order valence-corrected chi connectivity index (χ1v) is 13.4. The summed E-state index contributed by atoms with van der Waals surface area (Å²) in [5.74, 6) is -0.677. The largest absolute Gasteiger partial charge is 0.493 e. The molecule has 3 atom stereocenters. The molecule has 186 valence electrons. The van der Waals surface area contributed by atoms with E-state index in [1.807, 2.05) is 0 Å². The lowest BCUT2D eigenvalue weighted by atomic mass is 9.84. The number of hydrogen-bond donors (Lipinski definition) is 1. The third-order valence-electron chi connectivity index (χ3n) is 6.58. The lowest BCUT2D eigenvalue weighted by Crippen LogP contribution is -2.42. The van der Waals surface area contributed by atoms with Gasteiger partial charge in [-0.25, -0.2) is 26.6 Å². The normalized spacial score (nSPS) is 23.0. The Morgan fingerprint density at radius 3 is 2.63 bits per heavy atom. The number of anilines is 1. The van der Waals surface area contributed by atoms with Crippen molar-refractivity contribution in [2.24, 2.45) is 5.92 Å². The van der Waals surface area contributed by atoms with E-state index in [4.69, 9.17) is 4.74 Å². The Hall–Kier alpha value is -2.70. The van der Waals surface area contributed by atoms with Gasteiger partial charge in [0.05, 0.1) is 11.5 Å². The van der Waals surface area contributed by atoms with Crippen molar-refractivity contribution in [3.8, 4) is 5.75 Å². The first-order valence-electron chi connectivity index (χ1n) is 11.2. The number of aromatic nitrogens is 2. The average Bonchev–Trinajstić information content (AvgIpc) is 3.36. The van der Waals surface area contributed by atoms with Crippen LogP contribution in [0.15, 0.2) is 53.7 Å². The summed E-state index contributed by atoms with van der Waals surface area (Å²) in [5, 5.41) is 0.158. The molecule has 0 amide bonds. The first-order chi connectivity index (χ1) is 16.8. The molecule has 3 heterocycles. The lowest BCUT2D eigenvalue weighted by molar-refractivity contribution is -0.0134. The molecule has 0 spiro atoms. The Bertz CT molecular complexity index is 1270. The number of rotatable bonds is 6. The minimum absolute atomic E-state index is 0.0265. The second-order valence-electron chi connectivity index (χ2n) is 8.63. The average molecular weight is 525 g/mol. The third kappa shape index (κ3) is 5.00. The highest BCUT2D eigenvalue weighted by Crippen LogP contribution is 2.46. The zero-order chi connectivity index (χ0) is 24.6. The van der Waals surface area contributed by atoms with Crippen molar-refractivity contribution in [2.45, 2.75) is 42.7 Å². The zero-order valence-electron chi connectivity index (χ0n) is 18.5. The fourth-order valence-electron chi connectivity index (χ4n) is 4.88. The molecular formula is C23H23F3N4O3S2. The number of benzene rings is 2. The molecule has 0 aliphatic carbocycles. The number of nitrogens with zero attached hydrogens (tertiary/aromatic N) is 3. The Morgan fingerprint density at radius 1 is 1.11 bits per heavy atom. The third-order valence-corrected chi connectivity index (χ3v) is 8.63. The number of sulfonamides is 1. The van der Waals surface area contributed by atoms with Gasteiger partial charge in [-0.3, -0.25) is 9.62 Å². The van der Waals surface area contributed by atoms with Gasteiger partial charge in [-0.15, -0.1) is 0 Å². The van der Waals surface area contributed by atoms with Gasteiger partial charge < -0.3 is 4.74 Å². The van der Waals surface area contributed by atoms with Gasteiger partial charge >= 0.3 is 0 Å². The van der Waals surface area contributed by atoms with Crippen LogP contribution in [0.1, 0.15) is 42.5 Å². The molecule has 2 aliphatic heterocycles. The fourth-order valence-corrected chi connectivity index (χ4v) is 6.56. The predicted octanol–water partition coefficient (Wildman–Crippen LogP) is 5.02. The van der Waals surface area contributed by atoms with Crippen LogP contribution in [-0.4, -0.2) is 42.3 Å². The molecule has 2 aliphatic rings. The van der Waals surface area contributed by atoms with Crippen LogP contribution in [0.25, 0.3) is 0 Å². The zero-order valence-corrected chi connectivity index (χ0v) is 20.1. The Kier molecular flexibility index (Phi) is 6.69. The highest BCUT2D eigenvalue weighted by Gasteiger charge is 2.39. The van der Waals surface area contributed by atoms with Crippen molar-refractivity contribution in [2.75, 3.05) is 17.9 Å². The van der Waals surface area contributed by atoms with Gasteiger partial charge in [-0.05, 0) is 43.1 Å². The predicted molar refractivity (Wildman–Crippen MR) is 125 cm³/mol. The van der Waals surface area contributed by atoms with Gasteiger partial charge in [0.15, 0.2) is 0 Å². The number of piperidine rings is 1. The summed E-state index contributed by atoms with van der Waals surface area (Å²) in [6.07, 6.45) is 0.0706. The molecule has 0 bridgehead atoms. The number of fused-ring (bicyclic) bond motifs is 1. The van der Waals surface area contributed by atoms with Gasteiger partial charge in [0, 0.05) is 47.6 Å². The maximum absolute atomic E-state index is 13.6. The van der Waals surface area contributed by atoms with E-state index in [1.54, 1.807) is 18.2 Å². The van der Waals surface area contributed by atoms with Crippen LogP contribution in [0, 0.1) is 11.7 Å². The van der Waals surface area contributed by atoms with E-state index in [9.17, 15) is 21.6 Å².